The summed E-state index contributed by atoms with van der Waals surface area (Å²) in [5.41, 5.74) is -0.368. The number of fused-ring (bicyclic) bond motifs is 1. The van der Waals surface area contributed by atoms with E-state index >= 15 is 0 Å². The second-order valence-electron chi connectivity index (χ2n) is 5.00. The number of benzene rings is 1. The first-order valence-corrected chi connectivity index (χ1v) is 7.00. The van der Waals surface area contributed by atoms with Gasteiger partial charge in [0.2, 0.25) is 10.0 Å². The Labute approximate surface area is 106 Å². The predicted molar refractivity (Wildman–Crippen MR) is 65.2 cm³/mol. The average Bonchev–Trinajstić information content (AvgIpc) is 2.34. The van der Waals surface area contributed by atoms with Gasteiger partial charge in [0, 0.05) is 11.1 Å². The summed E-state index contributed by atoms with van der Waals surface area (Å²) in [6, 6.07) is 4.72. The number of rotatable bonds is 0. The van der Waals surface area contributed by atoms with Gasteiger partial charge in [0.15, 0.2) is 0 Å². The summed E-state index contributed by atoms with van der Waals surface area (Å²) in [6.45, 7) is 5.19. The monoisotopic (exact) mass is 275 g/mol. The van der Waals surface area contributed by atoms with E-state index in [9.17, 15) is 13.5 Å². The van der Waals surface area contributed by atoms with Crippen LogP contribution in [0.1, 0.15) is 32.6 Å². The lowest BCUT2D eigenvalue weighted by Gasteiger charge is -2.32. The Hall–Kier alpha value is -0.620. The molecule has 0 spiro atoms. The molecule has 0 aromatic heterocycles. The molecule has 0 bridgehead atoms. The van der Waals surface area contributed by atoms with Gasteiger partial charge in [-0.15, -0.1) is 0 Å². The van der Waals surface area contributed by atoms with Crippen LogP contribution in [-0.4, -0.2) is 23.4 Å². The third kappa shape index (κ3) is 1.78. The van der Waals surface area contributed by atoms with Crippen LogP contribution in [0.3, 0.4) is 0 Å². The van der Waals surface area contributed by atoms with Gasteiger partial charge in [0.1, 0.15) is 11.1 Å². The Morgan fingerprint density at radius 1 is 1.35 bits per heavy atom. The second-order valence-corrected chi connectivity index (χ2v) is 7.16. The van der Waals surface area contributed by atoms with Gasteiger partial charge >= 0.3 is 0 Å². The van der Waals surface area contributed by atoms with Crippen molar-refractivity contribution in [3.63, 3.8) is 0 Å². The third-order valence-electron chi connectivity index (χ3n) is 2.68. The van der Waals surface area contributed by atoms with E-state index < -0.39 is 21.8 Å². The molecule has 0 aliphatic carbocycles. The van der Waals surface area contributed by atoms with E-state index in [2.05, 4.69) is 0 Å². The van der Waals surface area contributed by atoms with Crippen molar-refractivity contribution in [1.29, 1.82) is 0 Å². The Morgan fingerprint density at radius 2 is 1.94 bits per heavy atom. The average molecular weight is 276 g/mol. The van der Waals surface area contributed by atoms with E-state index in [0.29, 0.717) is 5.56 Å². The maximum Gasteiger partial charge on any atom is 0.247 e. The Balaban J connectivity index is 2.74. The van der Waals surface area contributed by atoms with Crippen LogP contribution in [0.15, 0.2) is 23.1 Å². The van der Waals surface area contributed by atoms with Crippen molar-refractivity contribution < 1.29 is 13.5 Å². The summed E-state index contributed by atoms with van der Waals surface area (Å²) < 4.78 is 25.8. The highest BCUT2D eigenvalue weighted by Gasteiger charge is 2.48. The number of nitrogens with zero attached hydrogens (tertiary/aromatic N) is 1. The second kappa shape index (κ2) is 3.68. The normalized spacial score (nSPS) is 23.7. The van der Waals surface area contributed by atoms with Crippen molar-refractivity contribution in [3.05, 3.63) is 28.8 Å². The van der Waals surface area contributed by atoms with E-state index in [1.54, 1.807) is 32.9 Å². The van der Waals surface area contributed by atoms with Crippen LogP contribution in [0.2, 0.25) is 5.02 Å². The molecule has 6 heteroatoms. The van der Waals surface area contributed by atoms with Crippen molar-refractivity contribution >= 4 is 21.6 Å². The molecule has 4 nitrogen and oxygen atoms in total. The minimum absolute atomic E-state index is 0.0177. The van der Waals surface area contributed by atoms with Crippen LogP contribution in [0.4, 0.5) is 0 Å². The minimum Gasteiger partial charge on any atom is -0.373 e. The zero-order valence-electron chi connectivity index (χ0n) is 9.81. The topological polar surface area (TPSA) is 57.6 Å². The summed E-state index contributed by atoms with van der Waals surface area (Å²) in [4.78, 5) is 0.0177. The summed E-state index contributed by atoms with van der Waals surface area (Å²) in [5, 5.41) is 10.3. The van der Waals surface area contributed by atoms with Crippen LogP contribution >= 0.6 is 11.6 Å². The molecule has 0 amide bonds. The molecule has 0 saturated carbocycles. The van der Waals surface area contributed by atoms with E-state index in [1.807, 2.05) is 0 Å². The van der Waals surface area contributed by atoms with E-state index in [4.69, 9.17) is 11.6 Å². The molecule has 1 aliphatic heterocycles. The van der Waals surface area contributed by atoms with Gasteiger partial charge in [-0.3, -0.25) is 0 Å². The number of hydrogen-bond acceptors (Lipinski definition) is 3. The molecule has 2 rings (SSSR count). The summed E-state index contributed by atoms with van der Waals surface area (Å²) in [7, 11) is -3.73. The quantitative estimate of drug-likeness (QED) is 0.789. The summed E-state index contributed by atoms with van der Waals surface area (Å²) >= 11 is 5.92. The number of aliphatic hydroxyl groups is 1. The molecule has 1 aromatic carbocycles. The van der Waals surface area contributed by atoms with Gasteiger partial charge in [0.05, 0.1) is 5.02 Å². The SMILES string of the molecule is CC(C)(C)N1C(O)c2cccc(Cl)c2S1(=O)=O. The van der Waals surface area contributed by atoms with Crippen molar-refractivity contribution in [2.45, 2.75) is 37.4 Å². The predicted octanol–water partition coefficient (Wildman–Crippen LogP) is 2.13. The van der Waals surface area contributed by atoms with Crippen molar-refractivity contribution in [1.82, 2.24) is 4.31 Å². The Kier molecular flexibility index (Phi) is 2.78. The maximum absolute atomic E-state index is 12.3. The van der Waals surface area contributed by atoms with E-state index in [0.717, 1.165) is 4.31 Å². The van der Waals surface area contributed by atoms with Gasteiger partial charge in [-0.05, 0) is 26.8 Å². The molecule has 1 aliphatic rings. The molecular formula is C11H14ClNO3S. The molecule has 0 radical (unpaired) electrons. The Morgan fingerprint density at radius 3 is 2.41 bits per heavy atom. The third-order valence-corrected chi connectivity index (χ3v) is 5.34. The summed E-state index contributed by atoms with van der Waals surface area (Å²) in [6.07, 6.45) is -1.17. The first kappa shape index (κ1) is 12.8. The number of sulfonamides is 1. The molecule has 1 N–H and O–H groups in total. The molecule has 1 aromatic rings. The lowest BCUT2D eigenvalue weighted by Crippen LogP contribution is -2.43. The fourth-order valence-corrected chi connectivity index (χ4v) is 4.64. The number of aliphatic hydroxyl groups excluding tert-OH is 1. The highest BCUT2D eigenvalue weighted by atomic mass is 35.5. The van der Waals surface area contributed by atoms with Crippen LogP contribution < -0.4 is 0 Å². The molecule has 1 atom stereocenters. The highest BCUT2D eigenvalue weighted by molar-refractivity contribution is 7.89. The standard InChI is InChI=1S/C11H14ClNO3S/c1-11(2,3)13-10(14)7-5-4-6-8(12)9(7)17(13,15)16/h4-6,10,14H,1-3H3. The molecule has 0 saturated heterocycles. The zero-order chi connectivity index (χ0) is 13.0. The van der Waals surface area contributed by atoms with Crippen LogP contribution in [0.25, 0.3) is 0 Å². The number of hydrogen-bond donors (Lipinski definition) is 1. The van der Waals surface area contributed by atoms with E-state index in [1.165, 1.54) is 6.07 Å². The Bertz CT molecular complexity index is 563. The van der Waals surface area contributed by atoms with Crippen LogP contribution in [-0.2, 0) is 10.0 Å². The van der Waals surface area contributed by atoms with Gasteiger partial charge in [0.25, 0.3) is 0 Å². The van der Waals surface area contributed by atoms with Crippen molar-refractivity contribution in [3.8, 4) is 0 Å². The largest absolute Gasteiger partial charge is 0.373 e. The van der Waals surface area contributed by atoms with Gasteiger partial charge in [-0.2, -0.15) is 4.31 Å². The minimum atomic E-state index is -3.73. The van der Waals surface area contributed by atoms with Crippen LogP contribution in [0.5, 0.6) is 0 Å². The summed E-state index contributed by atoms with van der Waals surface area (Å²) in [5.74, 6) is 0. The van der Waals surface area contributed by atoms with Crippen molar-refractivity contribution in [2.24, 2.45) is 0 Å². The number of halogens is 1. The highest BCUT2D eigenvalue weighted by Crippen LogP contribution is 2.45. The molecule has 17 heavy (non-hydrogen) atoms. The maximum atomic E-state index is 12.3. The lowest BCUT2D eigenvalue weighted by molar-refractivity contribution is 0.0208. The molecule has 1 unspecified atom stereocenters. The van der Waals surface area contributed by atoms with Gasteiger partial charge in [-0.25, -0.2) is 8.42 Å². The zero-order valence-corrected chi connectivity index (χ0v) is 11.4. The molecule has 0 fully saturated rings. The van der Waals surface area contributed by atoms with Crippen LogP contribution in [0, 0.1) is 0 Å². The fraction of sp³-hybridized carbons (Fsp3) is 0.455. The van der Waals surface area contributed by atoms with Gasteiger partial charge in [-0.1, -0.05) is 23.7 Å². The van der Waals surface area contributed by atoms with E-state index in [-0.39, 0.29) is 9.92 Å². The lowest BCUT2D eigenvalue weighted by atomic mass is 10.1. The molecular weight excluding hydrogens is 262 g/mol. The van der Waals surface area contributed by atoms with Gasteiger partial charge < -0.3 is 5.11 Å². The first-order valence-electron chi connectivity index (χ1n) is 5.18. The van der Waals surface area contributed by atoms with Crippen molar-refractivity contribution in [2.75, 3.05) is 0 Å². The smallest absolute Gasteiger partial charge is 0.247 e. The molecule has 94 valence electrons. The fourth-order valence-electron chi connectivity index (χ4n) is 2.08. The first-order chi connectivity index (χ1) is 7.67. The molecule has 1 heterocycles.